The molecule has 3 nitrogen and oxygen atoms in total. The Labute approximate surface area is 171 Å². The van der Waals surface area contributed by atoms with Crippen LogP contribution in [0.5, 0.6) is 0 Å². The zero-order valence-electron chi connectivity index (χ0n) is 18.1. The monoisotopic (exact) mass is 381 g/mol. The first-order valence-electron chi connectivity index (χ1n) is 10.3. The minimum absolute atomic E-state index is 0.226. The van der Waals surface area contributed by atoms with Crippen molar-refractivity contribution in [2.45, 2.75) is 48.0 Å². The van der Waals surface area contributed by atoms with E-state index in [1.165, 1.54) is 49.6 Å². The average molecular weight is 382 g/mol. The number of hydrogen-bond donors (Lipinski definition) is 0. The van der Waals surface area contributed by atoms with Crippen LogP contribution in [-0.4, -0.2) is 14.4 Å². The van der Waals surface area contributed by atoms with Crippen molar-refractivity contribution in [3.8, 4) is 0 Å². The van der Waals surface area contributed by atoms with E-state index >= 15 is 0 Å². The highest BCUT2D eigenvalue weighted by Gasteiger charge is 2.23. The number of pyridine rings is 1. The van der Waals surface area contributed by atoms with E-state index in [0.717, 1.165) is 17.3 Å². The highest BCUT2D eigenvalue weighted by Crippen LogP contribution is 2.39. The Morgan fingerprint density at radius 2 is 1.62 bits per heavy atom. The third-order valence-electron chi connectivity index (χ3n) is 6.23. The lowest BCUT2D eigenvalue weighted by molar-refractivity contribution is 0.409. The number of aromatic nitrogens is 3. The van der Waals surface area contributed by atoms with Crippen molar-refractivity contribution < 1.29 is 0 Å². The zero-order chi connectivity index (χ0) is 20.5. The van der Waals surface area contributed by atoms with Crippen LogP contribution in [0.4, 0.5) is 0 Å². The summed E-state index contributed by atoms with van der Waals surface area (Å²) in [5.41, 5.74) is 9.23. The normalized spacial score (nSPS) is 12.6. The second kappa shape index (κ2) is 6.03. The van der Waals surface area contributed by atoms with Gasteiger partial charge >= 0.3 is 0 Å². The second-order valence-corrected chi connectivity index (χ2v) is 9.51. The lowest BCUT2D eigenvalue weighted by Crippen LogP contribution is -2.10. The molecule has 0 aliphatic rings. The highest BCUT2D eigenvalue weighted by atomic mass is 14.9. The number of benzene rings is 2. The quantitative estimate of drug-likeness (QED) is 0.239. The molecule has 0 unspecified atom stereocenters. The minimum Gasteiger partial charge on any atom is -0.312 e. The van der Waals surface area contributed by atoms with E-state index in [1.54, 1.807) is 6.33 Å². The summed E-state index contributed by atoms with van der Waals surface area (Å²) in [4.78, 5) is 9.12. The molecule has 0 N–H and O–H groups in total. The molecule has 29 heavy (non-hydrogen) atoms. The van der Waals surface area contributed by atoms with Crippen LogP contribution in [0.1, 0.15) is 43.2 Å². The first kappa shape index (κ1) is 18.1. The van der Waals surface area contributed by atoms with Gasteiger partial charge in [0.05, 0.1) is 16.6 Å². The summed E-state index contributed by atoms with van der Waals surface area (Å²) >= 11 is 0. The molecule has 0 radical (unpaired) electrons. The van der Waals surface area contributed by atoms with Gasteiger partial charge < -0.3 is 4.40 Å². The van der Waals surface area contributed by atoms with Crippen molar-refractivity contribution in [2.75, 3.05) is 0 Å². The van der Waals surface area contributed by atoms with Crippen molar-refractivity contribution >= 4 is 38.1 Å². The Morgan fingerprint density at radius 3 is 2.38 bits per heavy atom. The van der Waals surface area contributed by atoms with Gasteiger partial charge in [0.2, 0.25) is 0 Å². The fourth-order valence-electron chi connectivity index (χ4n) is 4.98. The van der Waals surface area contributed by atoms with E-state index in [2.05, 4.69) is 81.3 Å². The molecule has 0 aliphatic carbocycles. The predicted molar refractivity (Wildman–Crippen MR) is 123 cm³/mol. The van der Waals surface area contributed by atoms with Gasteiger partial charge in [-0.25, -0.2) is 9.97 Å². The predicted octanol–water partition coefficient (Wildman–Crippen LogP) is 6.70. The number of rotatable bonds is 1. The maximum atomic E-state index is 4.74. The van der Waals surface area contributed by atoms with Crippen molar-refractivity contribution in [1.29, 1.82) is 0 Å². The van der Waals surface area contributed by atoms with Crippen LogP contribution in [-0.2, 0) is 6.42 Å². The summed E-state index contributed by atoms with van der Waals surface area (Å²) in [6.07, 6.45) is 4.70. The summed E-state index contributed by atoms with van der Waals surface area (Å²) in [5, 5.41) is 4.90. The summed E-state index contributed by atoms with van der Waals surface area (Å²) in [6.45, 7) is 13.7. The van der Waals surface area contributed by atoms with Crippen molar-refractivity contribution in [3.05, 3.63) is 65.2 Å². The Bertz CT molecular complexity index is 1430. The molecule has 2 aromatic carbocycles. The SMILES string of the molecule is Cc1c(CC(C)(C)C)c(C)n2c1c1cncnc1c1cc3ccccc3c(C)c12. The molecule has 0 atom stereocenters. The number of hydrogen-bond acceptors (Lipinski definition) is 2. The lowest BCUT2D eigenvalue weighted by Gasteiger charge is -2.18. The molecule has 0 saturated carbocycles. The molecule has 5 rings (SSSR count). The molecule has 5 aromatic rings. The topological polar surface area (TPSA) is 30.2 Å². The molecule has 3 heterocycles. The van der Waals surface area contributed by atoms with Gasteiger partial charge in [0.15, 0.2) is 0 Å². The van der Waals surface area contributed by atoms with Gasteiger partial charge in [0.1, 0.15) is 6.33 Å². The summed E-state index contributed by atoms with van der Waals surface area (Å²) < 4.78 is 2.47. The molecule has 0 amide bonds. The van der Waals surface area contributed by atoms with Crippen LogP contribution in [0.15, 0.2) is 42.9 Å². The van der Waals surface area contributed by atoms with Gasteiger partial charge in [-0.05, 0) is 66.1 Å². The summed E-state index contributed by atoms with van der Waals surface area (Å²) in [5.74, 6) is 0. The van der Waals surface area contributed by atoms with Crippen LogP contribution in [0.2, 0.25) is 0 Å². The second-order valence-electron chi connectivity index (χ2n) is 9.51. The van der Waals surface area contributed by atoms with Gasteiger partial charge in [0.25, 0.3) is 0 Å². The average Bonchev–Trinajstić information content (AvgIpc) is 2.92. The minimum atomic E-state index is 0.226. The van der Waals surface area contributed by atoms with E-state index in [0.29, 0.717) is 0 Å². The molecule has 3 heteroatoms. The van der Waals surface area contributed by atoms with E-state index in [-0.39, 0.29) is 5.41 Å². The molecule has 0 saturated heterocycles. The maximum Gasteiger partial charge on any atom is 0.116 e. The lowest BCUT2D eigenvalue weighted by atomic mass is 9.86. The standard InChI is InChI=1S/C26H27N3/c1-15-19-10-8-7-9-18(19)11-20-23-22(13-27-14-28-23)25-16(2)21(12-26(4,5)6)17(3)29(25)24(15)20/h7-11,13-14H,12H2,1-6H3. The van der Waals surface area contributed by atoms with Crippen LogP contribution in [0.25, 0.3) is 38.1 Å². The van der Waals surface area contributed by atoms with Crippen molar-refractivity contribution in [1.82, 2.24) is 14.4 Å². The smallest absolute Gasteiger partial charge is 0.116 e. The van der Waals surface area contributed by atoms with Crippen LogP contribution >= 0.6 is 0 Å². The zero-order valence-corrected chi connectivity index (χ0v) is 18.1. The molecular formula is C26H27N3. The molecule has 146 valence electrons. The third-order valence-corrected chi connectivity index (χ3v) is 6.23. The van der Waals surface area contributed by atoms with Crippen LogP contribution in [0, 0.1) is 26.2 Å². The molecule has 0 bridgehead atoms. The first-order chi connectivity index (χ1) is 13.8. The number of fused-ring (bicyclic) bond motifs is 7. The highest BCUT2D eigenvalue weighted by molar-refractivity contribution is 6.16. The largest absolute Gasteiger partial charge is 0.312 e. The maximum absolute atomic E-state index is 4.74. The number of aryl methyl sites for hydroxylation is 3. The van der Waals surface area contributed by atoms with Crippen molar-refractivity contribution in [3.63, 3.8) is 0 Å². The van der Waals surface area contributed by atoms with E-state index in [9.17, 15) is 0 Å². The molecule has 0 fully saturated rings. The Morgan fingerprint density at radius 1 is 0.897 bits per heavy atom. The van der Waals surface area contributed by atoms with Gasteiger partial charge in [0, 0.05) is 22.7 Å². The van der Waals surface area contributed by atoms with Gasteiger partial charge in [-0.2, -0.15) is 0 Å². The third kappa shape index (κ3) is 2.57. The Balaban J connectivity index is 2.10. The van der Waals surface area contributed by atoms with Crippen LogP contribution < -0.4 is 0 Å². The molecule has 0 spiro atoms. The van der Waals surface area contributed by atoms with Gasteiger partial charge in [-0.1, -0.05) is 45.0 Å². The van der Waals surface area contributed by atoms with E-state index in [4.69, 9.17) is 4.98 Å². The Hall–Kier alpha value is -2.94. The van der Waals surface area contributed by atoms with Gasteiger partial charge in [-0.3, -0.25) is 0 Å². The molecule has 3 aromatic heterocycles. The first-order valence-corrected chi connectivity index (χ1v) is 10.3. The van der Waals surface area contributed by atoms with Crippen LogP contribution in [0.3, 0.4) is 0 Å². The van der Waals surface area contributed by atoms with Crippen molar-refractivity contribution in [2.24, 2.45) is 5.41 Å². The number of nitrogens with zero attached hydrogens (tertiary/aromatic N) is 3. The molecule has 0 aliphatic heterocycles. The fourth-order valence-corrected chi connectivity index (χ4v) is 4.98. The molecular weight excluding hydrogens is 354 g/mol. The summed E-state index contributed by atoms with van der Waals surface area (Å²) in [6, 6.07) is 10.9. The Kier molecular flexibility index (Phi) is 3.76. The van der Waals surface area contributed by atoms with Gasteiger partial charge in [-0.15, -0.1) is 0 Å². The summed E-state index contributed by atoms with van der Waals surface area (Å²) in [7, 11) is 0. The van der Waals surface area contributed by atoms with E-state index in [1.807, 2.05) is 6.20 Å². The fraction of sp³-hybridized carbons (Fsp3) is 0.308. The van der Waals surface area contributed by atoms with E-state index < -0.39 is 0 Å².